The number of ketones is 1. The summed E-state index contributed by atoms with van der Waals surface area (Å²) < 4.78 is 0. The van der Waals surface area contributed by atoms with E-state index in [-0.39, 0.29) is 5.78 Å². The summed E-state index contributed by atoms with van der Waals surface area (Å²) in [6, 6.07) is 0. The number of aryl methyl sites for hydroxylation is 1. The highest BCUT2D eigenvalue weighted by atomic mass is 32.1. The maximum atomic E-state index is 11.6. The molecule has 0 bridgehead atoms. The van der Waals surface area contributed by atoms with Gasteiger partial charge in [0.15, 0.2) is 5.78 Å². The van der Waals surface area contributed by atoms with Crippen molar-refractivity contribution in [2.75, 3.05) is 0 Å². The molecule has 2 aromatic rings. The Kier molecular flexibility index (Phi) is 2.41. The Hall–Kier alpha value is -1.49. The molecule has 14 heavy (non-hydrogen) atoms. The molecule has 0 fully saturated rings. The van der Waals surface area contributed by atoms with E-state index in [9.17, 15) is 4.79 Å². The van der Waals surface area contributed by atoms with Crippen LogP contribution in [-0.4, -0.2) is 21.0 Å². The van der Waals surface area contributed by atoms with E-state index in [0.29, 0.717) is 12.0 Å². The van der Waals surface area contributed by atoms with Crippen molar-refractivity contribution < 1.29 is 4.79 Å². The number of carbonyl (C=O) groups is 1. The Bertz CT molecular complexity index is 433. The summed E-state index contributed by atoms with van der Waals surface area (Å²) in [6.45, 7) is 1.93. The highest BCUT2D eigenvalue weighted by Crippen LogP contribution is 2.10. The van der Waals surface area contributed by atoms with Crippen LogP contribution in [0.1, 0.15) is 21.1 Å². The second kappa shape index (κ2) is 3.71. The van der Waals surface area contributed by atoms with Gasteiger partial charge >= 0.3 is 0 Å². The molecule has 1 N–H and O–H groups in total. The molecule has 4 nitrogen and oxygen atoms in total. The number of H-pyrrole nitrogens is 1. The molecule has 2 aromatic heterocycles. The van der Waals surface area contributed by atoms with Crippen LogP contribution in [0.5, 0.6) is 0 Å². The Morgan fingerprint density at radius 2 is 2.50 bits per heavy atom. The number of nitrogens with one attached hydrogen (secondary N) is 1. The molecule has 0 aliphatic carbocycles. The molecule has 0 atom stereocenters. The van der Waals surface area contributed by atoms with Crippen molar-refractivity contribution in [1.82, 2.24) is 15.2 Å². The van der Waals surface area contributed by atoms with E-state index in [0.717, 1.165) is 10.7 Å². The molecule has 0 aromatic carbocycles. The third kappa shape index (κ3) is 1.88. The number of thiazole rings is 1. The van der Waals surface area contributed by atoms with Crippen molar-refractivity contribution in [2.24, 2.45) is 0 Å². The lowest BCUT2D eigenvalue weighted by molar-refractivity contribution is 0.0992. The second-order valence-corrected chi connectivity index (χ2v) is 4.01. The average Bonchev–Trinajstić information content (AvgIpc) is 2.75. The molecule has 2 heterocycles. The van der Waals surface area contributed by atoms with E-state index < -0.39 is 0 Å². The molecule has 0 aliphatic heterocycles. The van der Waals surface area contributed by atoms with Gasteiger partial charge in [-0.1, -0.05) is 0 Å². The standard InChI is InChI=1S/C9H9N3OS/c1-6-12-8(5-14-6)2-9(13)7-3-10-11-4-7/h3-5H,2H2,1H3,(H,10,11). The molecular formula is C9H9N3OS. The molecule has 2 rings (SSSR count). The summed E-state index contributed by atoms with van der Waals surface area (Å²) in [5, 5.41) is 9.24. The zero-order valence-electron chi connectivity index (χ0n) is 7.65. The Morgan fingerprint density at radius 3 is 3.07 bits per heavy atom. The van der Waals surface area contributed by atoms with Gasteiger partial charge in [-0.15, -0.1) is 11.3 Å². The van der Waals surface area contributed by atoms with Gasteiger partial charge < -0.3 is 0 Å². The zero-order chi connectivity index (χ0) is 9.97. The first-order valence-electron chi connectivity index (χ1n) is 4.18. The van der Waals surface area contributed by atoms with E-state index in [1.54, 1.807) is 17.5 Å². The van der Waals surface area contributed by atoms with E-state index in [1.807, 2.05) is 12.3 Å². The van der Waals surface area contributed by atoms with E-state index >= 15 is 0 Å². The smallest absolute Gasteiger partial charge is 0.171 e. The summed E-state index contributed by atoms with van der Waals surface area (Å²) in [5.74, 6) is 0.0454. The number of carbonyl (C=O) groups excluding carboxylic acids is 1. The van der Waals surface area contributed by atoms with Crippen LogP contribution in [-0.2, 0) is 6.42 Å². The van der Waals surface area contributed by atoms with Crippen molar-refractivity contribution in [3.8, 4) is 0 Å². The van der Waals surface area contributed by atoms with Gasteiger partial charge in [-0.25, -0.2) is 4.98 Å². The number of hydrogen-bond donors (Lipinski definition) is 1. The van der Waals surface area contributed by atoms with Crippen molar-refractivity contribution in [3.05, 3.63) is 34.0 Å². The first-order valence-corrected chi connectivity index (χ1v) is 5.06. The number of aromatic nitrogens is 3. The largest absolute Gasteiger partial charge is 0.294 e. The summed E-state index contributed by atoms with van der Waals surface area (Å²) in [4.78, 5) is 15.8. The van der Waals surface area contributed by atoms with E-state index in [2.05, 4.69) is 15.2 Å². The fourth-order valence-corrected chi connectivity index (χ4v) is 1.77. The van der Waals surface area contributed by atoms with Gasteiger partial charge in [0.1, 0.15) is 0 Å². The topological polar surface area (TPSA) is 58.6 Å². The van der Waals surface area contributed by atoms with Gasteiger partial charge in [0.25, 0.3) is 0 Å². The van der Waals surface area contributed by atoms with Crippen LogP contribution in [0.25, 0.3) is 0 Å². The van der Waals surface area contributed by atoms with Gasteiger partial charge in [-0.05, 0) is 6.92 Å². The quantitative estimate of drug-likeness (QED) is 0.778. The number of rotatable bonds is 3. The Balaban J connectivity index is 2.09. The lowest BCUT2D eigenvalue weighted by Gasteiger charge is -1.92. The minimum atomic E-state index is 0.0454. The van der Waals surface area contributed by atoms with Crippen LogP contribution in [0.3, 0.4) is 0 Å². The van der Waals surface area contributed by atoms with Crippen LogP contribution >= 0.6 is 11.3 Å². The minimum absolute atomic E-state index is 0.0454. The van der Waals surface area contributed by atoms with Crippen LogP contribution in [0, 0.1) is 6.92 Å². The second-order valence-electron chi connectivity index (χ2n) is 2.94. The van der Waals surface area contributed by atoms with Gasteiger partial charge in [-0.3, -0.25) is 9.89 Å². The maximum absolute atomic E-state index is 11.6. The van der Waals surface area contributed by atoms with Crippen LogP contribution in [0.4, 0.5) is 0 Å². The third-order valence-corrected chi connectivity index (χ3v) is 2.65. The lowest BCUT2D eigenvalue weighted by Crippen LogP contribution is -2.02. The summed E-state index contributed by atoms with van der Waals surface area (Å²) in [5.41, 5.74) is 1.44. The molecule has 0 aliphatic rings. The summed E-state index contributed by atoms with van der Waals surface area (Å²) in [7, 11) is 0. The zero-order valence-corrected chi connectivity index (χ0v) is 8.47. The monoisotopic (exact) mass is 207 g/mol. The summed E-state index contributed by atoms with van der Waals surface area (Å²) in [6.07, 6.45) is 3.48. The fraction of sp³-hybridized carbons (Fsp3) is 0.222. The van der Waals surface area contributed by atoms with Gasteiger partial charge in [0.05, 0.1) is 28.9 Å². The van der Waals surface area contributed by atoms with Gasteiger partial charge in [-0.2, -0.15) is 5.10 Å². The van der Waals surface area contributed by atoms with Crippen molar-refractivity contribution in [3.63, 3.8) is 0 Å². The predicted molar refractivity (Wildman–Crippen MR) is 53.5 cm³/mol. The van der Waals surface area contributed by atoms with Crippen molar-refractivity contribution in [1.29, 1.82) is 0 Å². The van der Waals surface area contributed by atoms with E-state index in [4.69, 9.17) is 0 Å². The molecule has 0 amide bonds. The average molecular weight is 207 g/mol. The lowest BCUT2D eigenvalue weighted by atomic mass is 10.1. The molecule has 5 heteroatoms. The van der Waals surface area contributed by atoms with Gasteiger partial charge in [0, 0.05) is 11.6 Å². The number of Topliss-reactive ketones (excluding diaryl/α,β-unsaturated/α-hetero) is 1. The van der Waals surface area contributed by atoms with Gasteiger partial charge in [0.2, 0.25) is 0 Å². The maximum Gasteiger partial charge on any atom is 0.171 e. The van der Waals surface area contributed by atoms with Crippen LogP contribution in [0.15, 0.2) is 17.8 Å². The molecule has 0 saturated heterocycles. The Labute approximate surface area is 85.0 Å². The van der Waals surface area contributed by atoms with Crippen molar-refractivity contribution in [2.45, 2.75) is 13.3 Å². The number of hydrogen-bond acceptors (Lipinski definition) is 4. The highest BCUT2D eigenvalue weighted by Gasteiger charge is 2.09. The molecular weight excluding hydrogens is 198 g/mol. The first-order chi connectivity index (χ1) is 6.75. The molecule has 72 valence electrons. The molecule has 0 spiro atoms. The molecule has 0 saturated carbocycles. The molecule has 0 radical (unpaired) electrons. The molecule has 0 unspecified atom stereocenters. The number of aromatic amines is 1. The fourth-order valence-electron chi connectivity index (χ4n) is 1.16. The SMILES string of the molecule is Cc1nc(CC(=O)c2cn[nH]c2)cs1. The van der Waals surface area contributed by atoms with Crippen molar-refractivity contribution >= 4 is 17.1 Å². The van der Waals surface area contributed by atoms with Crippen LogP contribution < -0.4 is 0 Å². The predicted octanol–water partition coefficient (Wildman–Crippen LogP) is 1.60. The summed E-state index contributed by atoms with van der Waals surface area (Å²) >= 11 is 1.56. The first kappa shape index (κ1) is 9.08. The van der Waals surface area contributed by atoms with E-state index in [1.165, 1.54) is 6.20 Å². The highest BCUT2D eigenvalue weighted by molar-refractivity contribution is 7.09. The normalized spacial score (nSPS) is 10.4. The third-order valence-electron chi connectivity index (χ3n) is 1.83. The minimum Gasteiger partial charge on any atom is -0.294 e. The number of nitrogens with zero attached hydrogens (tertiary/aromatic N) is 2. The Morgan fingerprint density at radius 1 is 1.64 bits per heavy atom. The van der Waals surface area contributed by atoms with Crippen LogP contribution in [0.2, 0.25) is 0 Å².